The smallest absolute Gasteiger partial charge is 0.128 e. The maximum Gasteiger partial charge on any atom is 0.128 e. The van der Waals surface area contributed by atoms with Crippen molar-refractivity contribution in [2.45, 2.75) is 58.7 Å². The zero-order valence-electron chi connectivity index (χ0n) is 15.1. The van der Waals surface area contributed by atoms with Crippen LogP contribution in [-0.2, 0) is 0 Å². The fraction of sp³-hybridized carbons (Fsp3) is 0.737. The standard InChI is InChI=1S/C19H32N4/c1-14(2)23-12-15(3)18(13-23)21-17-8-10-22(11-9-17)19-7-5-6-16(4)20-19/h5-7,14-15,17-18,21H,8-13H2,1-4H3/t15-,18-/m0/s1. The van der Waals surface area contributed by atoms with Crippen LogP contribution < -0.4 is 10.2 Å². The zero-order chi connectivity index (χ0) is 16.4. The Kier molecular flexibility index (Phi) is 5.22. The van der Waals surface area contributed by atoms with E-state index in [9.17, 15) is 0 Å². The largest absolute Gasteiger partial charge is 0.356 e. The molecule has 2 saturated heterocycles. The molecule has 128 valence electrons. The molecule has 4 heteroatoms. The molecule has 23 heavy (non-hydrogen) atoms. The van der Waals surface area contributed by atoms with Crippen LogP contribution in [0.5, 0.6) is 0 Å². The van der Waals surface area contributed by atoms with Crippen molar-refractivity contribution in [1.29, 1.82) is 0 Å². The summed E-state index contributed by atoms with van der Waals surface area (Å²) in [6.45, 7) is 13.8. The lowest BCUT2D eigenvalue weighted by molar-refractivity contribution is 0.260. The Morgan fingerprint density at radius 3 is 2.52 bits per heavy atom. The molecule has 3 rings (SSSR count). The monoisotopic (exact) mass is 316 g/mol. The van der Waals surface area contributed by atoms with E-state index < -0.39 is 0 Å². The molecule has 0 unspecified atom stereocenters. The van der Waals surface area contributed by atoms with E-state index in [0.717, 1.165) is 30.5 Å². The Bertz CT molecular complexity index is 508. The number of hydrogen-bond donors (Lipinski definition) is 1. The van der Waals surface area contributed by atoms with Gasteiger partial charge >= 0.3 is 0 Å². The molecular formula is C19H32N4. The van der Waals surface area contributed by atoms with Gasteiger partial charge in [0, 0.05) is 50.0 Å². The van der Waals surface area contributed by atoms with Gasteiger partial charge in [-0.25, -0.2) is 4.98 Å². The number of aromatic nitrogens is 1. The molecule has 0 amide bonds. The van der Waals surface area contributed by atoms with Gasteiger partial charge in [0.1, 0.15) is 5.82 Å². The highest BCUT2D eigenvalue weighted by Crippen LogP contribution is 2.22. The van der Waals surface area contributed by atoms with Crippen molar-refractivity contribution in [3.05, 3.63) is 23.9 Å². The predicted molar refractivity (Wildman–Crippen MR) is 97.0 cm³/mol. The normalized spacial score (nSPS) is 27.1. The number of pyridine rings is 1. The number of rotatable bonds is 4. The van der Waals surface area contributed by atoms with Gasteiger partial charge in [-0.1, -0.05) is 13.0 Å². The Labute approximate surface area is 141 Å². The lowest BCUT2D eigenvalue weighted by Crippen LogP contribution is -2.48. The third-order valence-electron chi connectivity index (χ3n) is 5.51. The number of hydrogen-bond acceptors (Lipinski definition) is 4. The number of nitrogens with one attached hydrogen (secondary N) is 1. The van der Waals surface area contributed by atoms with E-state index in [1.807, 2.05) is 0 Å². The molecule has 2 fully saturated rings. The Morgan fingerprint density at radius 2 is 1.91 bits per heavy atom. The van der Waals surface area contributed by atoms with Gasteiger partial charge in [0.2, 0.25) is 0 Å². The minimum Gasteiger partial charge on any atom is -0.356 e. The molecule has 2 atom stereocenters. The van der Waals surface area contributed by atoms with Crippen LogP contribution in [0.25, 0.3) is 0 Å². The summed E-state index contributed by atoms with van der Waals surface area (Å²) in [4.78, 5) is 9.70. The highest BCUT2D eigenvalue weighted by molar-refractivity contribution is 5.39. The molecule has 1 aromatic heterocycles. The number of likely N-dealkylation sites (tertiary alicyclic amines) is 1. The fourth-order valence-corrected chi connectivity index (χ4v) is 3.93. The molecule has 0 aliphatic carbocycles. The molecule has 0 spiro atoms. The number of anilines is 1. The highest BCUT2D eigenvalue weighted by atomic mass is 15.2. The summed E-state index contributed by atoms with van der Waals surface area (Å²) in [5.41, 5.74) is 1.11. The molecule has 1 aromatic rings. The molecule has 0 radical (unpaired) electrons. The van der Waals surface area contributed by atoms with E-state index >= 15 is 0 Å². The molecule has 4 nitrogen and oxygen atoms in total. The molecule has 0 bridgehead atoms. The van der Waals surface area contributed by atoms with Crippen molar-refractivity contribution >= 4 is 5.82 Å². The second kappa shape index (κ2) is 7.18. The van der Waals surface area contributed by atoms with Crippen LogP contribution in [-0.4, -0.2) is 54.2 Å². The average molecular weight is 316 g/mol. The minimum atomic E-state index is 0.658. The van der Waals surface area contributed by atoms with Crippen molar-refractivity contribution < 1.29 is 0 Å². The third-order valence-corrected chi connectivity index (χ3v) is 5.51. The maximum absolute atomic E-state index is 4.67. The van der Waals surface area contributed by atoms with Crippen LogP contribution in [0, 0.1) is 12.8 Å². The van der Waals surface area contributed by atoms with E-state index in [0.29, 0.717) is 18.1 Å². The van der Waals surface area contributed by atoms with Crippen LogP contribution >= 0.6 is 0 Å². The van der Waals surface area contributed by atoms with Gasteiger partial charge in [0.15, 0.2) is 0 Å². The summed E-state index contributed by atoms with van der Waals surface area (Å²) in [7, 11) is 0. The first-order chi connectivity index (χ1) is 11.0. The molecule has 0 saturated carbocycles. The van der Waals surface area contributed by atoms with E-state index in [1.165, 1.54) is 25.9 Å². The molecule has 3 heterocycles. The molecule has 0 aromatic carbocycles. The van der Waals surface area contributed by atoms with E-state index in [-0.39, 0.29) is 0 Å². The van der Waals surface area contributed by atoms with Gasteiger partial charge in [-0.15, -0.1) is 0 Å². The first kappa shape index (κ1) is 16.7. The average Bonchev–Trinajstić information content (AvgIpc) is 2.89. The maximum atomic E-state index is 4.67. The SMILES string of the molecule is Cc1cccc(N2CCC(N[C@H]3CN(C(C)C)C[C@@H]3C)CC2)n1. The Morgan fingerprint density at radius 1 is 1.17 bits per heavy atom. The van der Waals surface area contributed by atoms with Crippen molar-refractivity contribution in [1.82, 2.24) is 15.2 Å². The van der Waals surface area contributed by atoms with Crippen molar-refractivity contribution in [2.75, 3.05) is 31.1 Å². The first-order valence-corrected chi connectivity index (χ1v) is 9.21. The van der Waals surface area contributed by atoms with Crippen LogP contribution in [0.15, 0.2) is 18.2 Å². The molecular weight excluding hydrogens is 284 g/mol. The Balaban J connectivity index is 1.50. The summed E-state index contributed by atoms with van der Waals surface area (Å²) in [5.74, 6) is 1.90. The lowest BCUT2D eigenvalue weighted by atomic mass is 10.0. The summed E-state index contributed by atoms with van der Waals surface area (Å²) in [6, 6.07) is 8.31. The van der Waals surface area contributed by atoms with Gasteiger partial charge in [-0.2, -0.15) is 0 Å². The second-order valence-electron chi connectivity index (χ2n) is 7.70. The van der Waals surface area contributed by atoms with Crippen LogP contribution in [0.3, 0.4) is 0 Å². The van der Waals surface area contributed by atoms with E-state index in [4.69, 9.17) is 0 Å². The summed E-state index contributed by atoms with van der Waals surface area (Å²) >= 11 is 0. The number of aryl methyl sites for hydroxylation is 1. The second-order valence-corrected chi connectivity index (χ2v) is 7.70. The lowest BCUT2D eigenvalue weighted by Gasteiger charge is -2.35. The predicted octanol–water partition coefficient (Wildman–Crippen LogP) is 2.68. The van der Waals surface area contributed by atoms with Crippen molar-refractivity contribution in [2.24, 2.45) is 5.92 Å². The Hall–Kier alpha value is -1.13. The fourth-order valence-electron chi connectivity index (χ4n) is 3.93. The molecule has 1 N–H and O–H groups in total. The van der Waals surface area contributed by atoms with Crippen LogP contribution in [0.1, 0.15) is 39.3 Å². The highest BCUT2D eigenvalue weighted by Gasteiger charge is 2.32. The summed E-state index contributed by atoms with van der Waals surface area (Å²) < 4.78 is 0. The van der Waals surface area contributed by atoms with Gasteiger partial charge < -0.3 is 10.2 Å². The minimum absolute atomic E-state index is 0.658. The van der Waals surface area contributed by atoms with Crippen LogP contribution in [0.4, 0.5) is 5.82 Å². The van der Waals surface area contributed by atoms with Gasteiger partial charge in [-0.05, 0) is 51.7 Å². The first-order valence-electron chi connectivity index (χ1n) is 9.21. The van der Waals surface area contributed by atoms with E-state index in [2.05, 4.69) is 66.0 Å². The van der Waals surface area contributed by atoms with Gasteiger partial charge in [0.05, 0.1) is 0 Å². The summed E-state index contributed by atoms with van der Waals surface area (Å²) in [5, 5.41) is 3.95. The van der Waals surface area contributed by atoms with Crippen LogP contribution in [0.2, 0.25) is 0 Å². The third kappa shape index (κ3) is 4.04. The molecule has 2 aliphatic heterocycles. The van der Waals surface area contributed by atoms with Gasteiger partial charge in [-0.3, -0.25) is 4.90 Å². The quantitative estimate of drug-likeness (QED) is 0.925. The molecule has 2 aliphatic rings. The number of nitrogens with zero attached hydrogens (tertiary/aromatic N) is 3. The topological polar surface area (TPSA) is 31.4 Å². The van der Waals surface area contributed by atoms with Gasteiger partial charge in [0.25, 0.3) is 0 Å². The van der Waals surface area contributed by atoms with E-state index in [1.54, 1.807) is 0 Å². The van der Waals surface area contributed by atoms with Crippen molar-refractivity contribution in [3.63, 3.8) is 0 Å². The zero-order valence-corrected chi connectivity index (χ0v) is 15.1. The van der Waals surface area contributed by atoms with Crippen molar-refractivity contribution in [3.8, 4) is 0 Å². The number of piperidine rings is 1. The summed E-state index contributed by atoms with van der Waals surface area (Å²) in [6.07, 6.45) is 2.45.